The summed E-state index contributed by atoms with van der Waals surface area (Å²) in [6.45, 7) is 2.14. The Morgan fingerprint density at radius 3 is 2.57 bits per heavy atom. The monoisotopic (exact) mass is 197 g/mol. The number of nitro benzene ring substituents is 1. The molecular formula is C8H7NO5. The van der Waals surface area contributed by atoms with Gasteiger partial charge in [-0.05, 0) is 6.07 Å². The summed E-state index contributed by atoms with van der Waals surface area (Å²) < 4.78 is 9.95. The summed E-state index contributed by atoms with van der Waals surface area (Å²) in [5.74, 6) is 0.991. The molecule has 0 aliphatic carbocycles. The van der Waals surface area contributed by atoms with Gasteiger partial charge in [0.15, 0.2) is 11.5 Å². The molecule has 1 aliphatic heterocycles. The van der Waals surface area contributed by atoms with Crippen LogP contribution in [0.3, 0.4) is 0 Å². The van der Waals surface area contributed by atoms with Crippen molar-refractivity contribution < 1.29 is 19.2 Å². The normalized spacial score (nSPS) is 11.4. The first-order chi connectivity index (χ1) is 6.77. The third-order valence-corrected chi connectivity index (χ3v) is 1.57. The molecule has 0 saturated carbocycles. The van der Waals surface area contributed by atoms with E-state index in [1.165, 1.54) is 18.2 Å². The van der Waals surface area contributed by atoms with Gasteiger partial charge in [0.2, 0.25) is 6.79 Å². The van der Waals surface area contributed by atoms with Gasteiger partial charge >= 0.3 is 0 Å². The Balaban J connectivity index is 0.000000461. The van der Waals surface area contributed by atoms with Crippen LogP contribution < -0.4 is 9.47 Å². The predicted molar refractivity (Wildman–Crippen MR) is 46.3 cm³/mol. The largest absolute Gasteiger partial charge is 0.454 e. The van der Waals surface area contributed by atoms with Crippen molar-refractivity contribution in [3.63, 3.8) is 0 Å². The van der Waals surface area contributed by atoms with Crippen LogP contribution in [0.25, 0.3) is 0 Å². The van der Waals surface area contributed by atoms with E-state index in [0.717, 1.165) is 0 Å². The first-order valence-electron chi connectivity index (χ1n) is 3.60. The van der Waals surface area contributed by atoms with E-state index in [9.17, 15) is 10.1 Å². The molecule has 0 aromatic heterocycles. The van der Waals surface area contributed by atoms with Crippen molar-refractivity contribution >= 4 is 12.5 Å². The second-order valence-corrected chi connectivity index (χ2v) is 2.29. The van der Waals surface area contributed by atoms with Gasteiger partial charge in [0.25, 0.3) is 5.69 Å². The lowest BCUT2D eigenvalue weighted by molar-refractivity contribution is -0.384. The Morgan fingerprint density at radius 2 is 1.93 bits per heavy atom. The molecule has 1 aromatic rings. The number of ether oxygens (including phenoxy) is 2. The third-order valence-electron chi connectivity index (χ3n) is 1.57. The van der Waals surface area contributed by atoms with E-state index in [2.05, 4.69) is 0 Å². The van der Waals surface area contributed by atoms with E-state index in [4.69, 9.17) is 14.3 Å². The van der Waals surface area contributed by atoms with Crippen molar-refractivity contribution in [1.82, 2.24) is 0 Å². The van der Waals surface area contributed by atoms with E-state index >= 15 is 0 Å². The number of benzene rings is 1. The highest BCUT2D eigenvalue weighted by Gasteiger charge is 2.17. The molecule has 0 amide bonds. The summed E-state index contributed by atoms with van der Waals surface area (Å²) in [4.78, 5) is 17.8. The fourth-order valence-corrected chi connectivity index (χ4v) is 0.999. The van der Waals surface area contributed by atoms with Crippen LogP contribution in [0.5, 0.6) is 11.5 Å². The molecule has 0 fully saturated rings. The van der Waals surface area contributed by atoms with Crippen molar-refractivity contribution in [1.29, 1.82) is 0 Å². The Labute approximate surface area is 79.2 Å². The topological polar surface area (TPSA) is 78.7 Å². The minimum Gasteiger partial charge on any atom is -0.454 e. The number of hydrogen-bond donors (Lipinski definition) is 0. The maximum atomic E-state index is 10.3. The number of fused-ring (bicyclic) bond motifs is 1. The predicted octanol–water partition coefficient (Wildman–Crippen LogP) is 1.14. The number of rotatable bonds is 1. The SMILES string of the molecule is C=O.O=[N+]([O-])c1ccc2c(c1)OCO2. The summed E-state index contributed by atoms with van der Waals surface area (Å²) in [7, 11) is 0. The van der Waals surface area contributed by atoms with E-state index in [0.29, 0.717) is 11.5 Å². The number of non-ortho nitro benzene ring substituents is 1. The smallest absolute Gasteiger partial charge is 0.273 e. The van der Waals surface area contributed by atoms with Gasteiger partial charge in [0.05, 0.1) is 11.0 Å². The number of nitro groups is 1. The summed E-state index contributed by atoms with van der Waals surface area (Å²) in [5, 5.41) is 10.3. The highest BCUT2D eigenvalue weighted by Crippen LogP contribution is 2.34. The van der Waals surface area contributed by atoms with Crippen LogP contribution >= 0.6 is 0 Å². The fourth-order valence-electron chi connectivity index (χ4n) is 0.999. The summed E-state index contributed by atoms with van der Waals surface area (Å²) in [5.41, 5.74) is 0.0132. The highest BCUT2D eigenvalue weighted by molar-refractivity contribution is 5.49. The number of hydrogen-bond acceptors (Lipinski definition) is 5. The fraction of sp³-hybridized carbons (Fsp3) is 0.125. The molecule has 1 aromatic carbocycles. The molecule has 0 N–H and O–H groups in total. The quantitative estimate of drug-likeness (QED) is 0.498. The first kappa shape index (κ1) is 9.97. The van der Waals surface area contributed by atoms with E-state index in [1.54, 1.807) is 0 Å². The van der Waals surface area contributed by atoms with Gasteiger partial charge in [-0.3, -0.25) is 10.1 Å². The van der Waals surface area contributed by atoms with Gasteiger partial charge in [-0.25, -0.2) is 0 Å². The average Bonchev–Trinajstić information content (AvgIpc) is 2.67. The van der Waals surface area contributed by atoms with E-state index < -0.39 is 4.92 Å². The molecule has 0 unspecified atom stereocenters. The molecule has 0 bridgehead atoms. The molecule has 14 heavy (non-hydrogen) atoms. The van der Waals surface area contributed by atoms with Crippen LogP contribution in [-0.4, -0.2) is 18.5 Å². The molecular weight excluding hydrogens is 190 g/mol. The average molecular weight is 197 g/mol. The van der Waals surface area contributed by atoms with Gasteiger partial charge in [-0.1, -0.05) is 0 Å². The molecule has 0 saturated heterocycles. The van der Waals surface area contributed by atoms with Crippen LogP contribution in [0.1, 0.15) is 0 Å². The molecule has 0 radical (unpaired) electrons. The number of carbonyl (C=O) groups is 1. The van der Waals surface area contributed by atoms with E-state index in [1.807, 2.05) is 6.79 Å². The minimum atomic E-state index is -0.470. The van der Waals surface area contributed by atoms with Gasteiger partial charge in [0.1, 0.15) is 6.79 Å². The van der Waals surface area contributed by atoms with Crippen LogP contribution in [0, 0.1) is 10.1 Å². The van der Waals surface area contributed by atoms with Crippen molar-refractivity contribution in [2.24, 2.45) is 0 Å². The lowest BCUT2D eigenvalue weighted by atomic mass is 10.3. The minimum absolute atomic E-state index is 0.0132. The summed E-state index contributed by atoms with van der Waals surface area (Å²) in [6.07, 6.45) is 0. The Hall–Kier alpha value is -2.11. The molecule has 74 valence electrons. The highest BCUT2D eigenvalue weighted by atomic mass is 16.7. The van der Waals surface area contributed by atoms with Crippen molar-refractivity contribution in [2.45, 2.75) is 0 Å². The van der Waals surface area contributed by atoms with Crippen LogP contribution in [0.2, 0.25) is 0 Å². The van der Waals surface area contributed by atoms with Crippen molar-refractivity contribution in [2.75, 3.05) is 6.79 Å². The molecule has 2 rings (SSSR count). The standard InChI is InChI=1S/C7H5NO4.CH2O/c9-8(10)5-1-2-6-7(3-5)12-4-11-6;1-2/h1-3H,4H2;1H2. The second kappa shape index (κ2) is 4.22. The lowest BCUT2D eigenvalue weighted by Crippen LogP contribution is -1.93. The number of nitrogens with zero attached hydrogens (tertiary/aromatic N) is 1. The van der Waals surface area contributed by atoms with Crippen molar-refractivity contribution in [3.8, 4) is 11.5 Å². The molecule has 1 aliphatic rings. The number of carbonyl (C=O) groups excluding carboxylic acids is 1. The molecule has 0 spiro atoms. The maximum Gasteiger partial charge on any atom is 0.273 e. The van der Waals surface area contributed by atoms with Gasteiger partial charge in [-0.2, -0.15) is 0 Å². The summed E-state index contributed by atoms with van der Waals surface area (Å²) >= 11 is 0. The Morgan fingerprint density at radius 1 is 1.29 bits per heavy atom. The van der Waals surface area contributed by atoms with Gasteiger partial charge in [-0.15, -0.1) is 0 Å². The molecule has 1 heterocycles. The molecule has 0 atom stereocenters. The van der Waals surface area contributed by atoms with Gasteiger partial charge < -0.3 is 14.3 Å². The maximum absolute atomic E-state index is 10.3. The third kappa shape index (κ3) is 1.79. The zero-order chi connectivity index (χ0) is 10.6. The Bertz CT molecular complexity index is 352. The van der Waals surface area contributed by atoms with Crippen LogP contribution in [0.15, 0.2) is 18.2 Å². The zero-order valence-corrected chi connectivity index (χ0v) is 7.13. The zero-order valence-electron chi connectivity index (χ0n) is 7.13. The van der Waals surface area contributed by atoms with Crippen LogP contribution in [-0.2, 0) is 4.79 Å². The Kier molecular flexibility index (Phi) is 3.01. The molecule has 6 nitrogen and oxygen atoms in total. The van der Waals surface area contributed by atoms with Crippen molar-refractivity contribution in [3.05, 3.63) is 28.3 Å². The summed E-state index contributed by atoms with van der Waals surface area (Å²) in [6, 6.07) is 4.26. The van der Waals surface area contributed by atoms with Crippen LogP contribution in [0.4, 0.5) is 5.69 Å². The molecule has 6 heteroatoms. The first-order valence-corrected chi connectivity index (χ1v) is 3.60. The second-order valence-electron chi connectivity index (χ2n) is 2.29. The van der Waals surface area contributed by atoms with Gasteiger partial charge in [0, 0.05) is 6.07 Å². The van der Waals surface area contributed by atoms with E-state index in [-0.39, 0.29) is 12.5 Å². The lowest BCUT2D eigenvalue weighted by Gasteiger charge is -1.93.